The van der Waals surface area contributed by atoms with Gasteiger partial charge in [-0.25, -0.2) is 0 Å². The summed E-state index contributed by atoms with van der Waals surface area (Å²) in [5.74, 6) is -0.0497. The summed E-state index contributed by atoms with van der Waals surface area (Å²) in [5.41, 5.74) is 6.30. The highest BCUT2D eigenvalue weighted by Gasteiger charge is 2.18. The van der Waals surface area contributed by atoms with Crippen LogP contribution in [-0.4, -0.2) is 36.5 Å². The van der Waals surface area contributed by atoms with Gasteiger partial charge in [-0.15, -0.1) is 11.3 Å². The van der Waals surface area contributed by atoms with Crippen LogP contribution >= 0.6 is 11.3 Å². The average molecular weight is 267 g/mol. The molecule has 0 aromatic carbocycles. The van der Waals surface area contributed by atoms with Gasteiger partial charge < -0.3 is 11.1 Å². The van der Waals surface area contributed by atoms with E-state index in [1.165, 1.54) is 30.6 Å². The maximum absolute atomic E-state index is 11.9. The molecule has 1 aliphatic heterocycles. The average Bonchev–Trinajstić information content (AvgIpc) is 2.83. The summed E-state index contributed by atoms with van der Waals surface area (Å²) in [6, 6.07) is 2.17. The third-order valence-corrected chi connectivity index (χ3v) is 4.40. The number of hydrogen-bond acceptors (Lipinski definition) is 4. The first-order chi connectivity index (χ1) is 8.68. The van der Waals surface area contributed by atoms with E-state index in [0.717, 1.165) is 13.1 Å². The maximum Gasteiger partial charge on any atom is 0.263 e. The zero-order valence-electron chi connectivity index (χ0n) is 10.8. The number of carbonyl (C=O) groups is 1. The molecule has 0 aliphatic carbocycles. The minimum absolute atomic E-state index is 0.0497. The Morgan fingerprint density at radius 3 is 2.83 bits per heavy atom. The molecule has 18 heavy (non-hydrogen) atoms. The van der Waals surface area contributed by atoms with Crippen molar-refractivity contribution >= 4 is 22.9 Å². The molecule has 3 N–H and O–H groups in total. The second-order valence-corrected chi connectivity index (χ2v) is 5.78. The second-order valence-electron chi connectivity index (χ2n) is 4.86. The van der Waals surface area contributed by atoms with Crippen molar-refractivity contribution in [3.8, 4) is 0 Å². The standard InChI is InChI=1S/C13H21N3OS/c1-10(16-6-3-2-4-7-16)9-15-13(17)12-11(14)5-8-18-12/h5,8,10H,2-4,6-7,9,14H2,1H3,(H,15,17). The summed E-state index contributed by atoms with van der Waals surface area (Å²) >= 11 is 1.39. The molecule has 1 saturated heterocycles. The highest BCUT2D eigenvalue weighted by atomic mass is 32.1. The van der Waals surface area contributed by atoms with Crippen LogP contribution in [0, 0.1) is 0 Å². The van der Waals surface area contributed by atoms with E-state index in [4.69, 9.17) is 5.73 Å². The summed E-state index contributed by atoms with van der Waals surface area (Å²) in [7, 11) is 0. The normalized spacial score (nSPS) is 18.5. The molecule has 0 saturated carbocycles. The molecule has 0 spiro atoms. The van der Waals surface area contributed by atoms with Gasteiger partial charge in [0.05, 0.1) is 5.69 Å². The van der Waals surface area contributed by atoms with Crippen LogP contribution in [0.15, 0.2) is 11.4 Å². The van der Waals surface area contributed by atoms with Gasteiger partial charge in [0.1, 0.15) is 4.88 Å². The number of nitrogen functional groups attached to an aromatic ring is 1. The third kappa shape index (κ3) is 3.23. The number of amides is 1. The van der Waals surface area contributed by atoms with E-state index in [9.17, 15) is 4.79 Å². The summed E-state index contributed by atoms with van der Waals surface area (Å²) in [4.78, 5) is 15.0. The Labute approximate surface area is 112 Å². The Hall–Kier alpha value is -1.07. The lowest BCUT2D eigenvalue weighted by molar-refractivity contribution is 0.0935. The predicted molar refractivity (Wildman–Crippen MR) is 76.0 cm³/mol. The van der Waals surface area contributed by atoms with E-state index < -0.39 is 0 Å². The number of nitrogens with two attached hydrogens (primary N) is 1. The Bertz CT molecular complexity index is 399. The molecular weight excluding hydrogens is 246 g/mol. The Kier molecular flexibility index (Phi) is 4.60. The van der Waals surface area contributed by atoms with Gasteiger partial charge in [-0.05, 0) is 44.3 Å². The number of thiophene rings is 1. The number of rotatable bonds is 4. The van der Waals surface area contributed by atoms with Crippen molar-refractivity contribution in [3.05, 3.63) is 16.3 Å². The minimum atomic E-state index is -0.0497. The zero-order chi connectivity index (χ0) is 13.0. The highest BCUT2D eigenvalue weighted by Crippen LogP contribution is 2.18. The van der Waals surface area contributed by atoms with Crippen molar-refractivity contribution in [1.82, 2.24) is 10.2 Å². The monoisotopic (exact) mass is 267 g/mol. The molecule has 100 valence electrons. The molecule has 2 heterocycles. The van der Waals surface area contributed by atoms with Crippen molar-refractivity contribution in [2.24, 2.45) is 0 Å². The number of nitrogens with one attached hydrogen (secondary N) is 1. The van der Waals surface area contributed by atoms with Gasteiger partial charge in [-0.3, -0.25) is 9.69 Å². The number of hydrogen-bond donors (Lipinski definition) is 2. The predicted octanol–water partition coefficient (Wildman–Crippen LogP) is 1.93. The fourth-order valence-electron chi connectivity index (χ4n) is 2.31. The number of piperidine rings is 1. The molecule has 0 bridgehead atoms. The van der Waals surface area contributed by atoms with Crippen LogP contribution in [0.1, 0.15) is 35.9 Å². The molecular formula is C13H21N3OS. The largest absolute Gasteiger partial charge is 0.397 e. The van der Waals surface area contributed by atoms with Gasteiger partial charge >= 0.3 is 0 Å². The van der Waals surface area contributed by atoms with Crippen LogP contribution < -0.4 is 11.1 Å². The van der Waals surface area contributed by atoms with Crippen molar-refractivity contribution in [3.63, 3.8) is 0 Å². The molecule has 0 radical (unpaired) electrons. The van der Waals surface area contributed by atoms with E-state index in [1.54, 1.807) is 6.07 Å². The summed E-state index contributed by atoms with van der Waals surface area (Å²) in [5, 5.41) is 4.82. The van der Waals surface area contributed by atoms with Crippen LogP contribution in [0.3, 0.4) is 0 Å². The molecule has 1 atom stereocenters. The lowest BCUT2D eigenvalue weighted by Gasteiger charge is -2.32. The third-order valence-electron chi connectivity index (χ3n) is 3.47. The highest BCUT2D eigenvalue weighted by molar-refractivity contribution is 7.12. The van der Waals surface area contributed by atoms with E-state index in [2.05, 4.69) is 17.1 Å². The topological polar surface area (TPSA) is 58.4 Å². The van der Waals surface area contributed by atoms with Crippen LogP contribution in [0.25, 0.3) is 0 Å². The molecule has 2 rings (SSSR count). The molecule has 1 unspecified atom stereocenters. The van der Waals surface area contributed by atoms with Crippen molar-refractivity contribution in [2.45, 2.75) is 32.2 Å². The molecule has 1 aliphatic rings. The van der Waals surface area contributed by atoms with E-state index in [0.29, 0.717) is 23.2 Å². The summed E-state index contributed by atoms with van der Waals surface area (Å²) in [6.07, 6.45) is 3.88. The Balaban J connectivity index is 1.80. The van der Waals surface area contributed by atoms with Gasteiger partial charge in [0.25, 0.3) is 5.91 Å². The minimum Gasteiger partial charge on any atom is -0.397 e. The SMILES string of the molecule is CC(CNC(=O)c1sccc1N)N1CCCCC1. The number of carbonyl (C=O) groups excluding carboxylic acids is 1. The molecule has 5 heteroatoms. The second kappa shape index (κ2) is 6.20. The summed E-state index contributed by atoms with van der Waals surface area (Å²) in [6.45, 7) is 5.16. The van der Waals surface area contributed by atoms with Gasteiger partial charge in [0, 0.05) is 12.6 Å². The molecule has 1 amide bonds. The van der Waals surface area contributed by atoms with Gasteiger partial charge in [-0.1, -0.05) is 6.42 Å². The van der Waals surface area contributed by atoms with Crippen LogP contribution in [0.2, 0.25) is 0 Å². The van der Waals surface area contributed by atoms with Crippen LogP contribution in [0.4, 0.5) is 5.69 Å². The quantitative estimate of drug-likeness (QED) is 0.876. The van der Waals surface area contributed by atoms with Crippen molar-refractivity contribution < 1.29 is 4.79 Å². The van der Waals surface area contributed by atoms with E-state index in [-0.39, 0.29) is 5.91 Å². The lowest BCUT2D eigenvalue weighted by atomic mass is 10.1. The summed E-state index contributed by atoms with van der Waals surface area (Å²) < 4.78 is 0. The van der Waals surface area contributed by atoms with Crippen molar-refractivity contribution in [2.75, 3.05) is 25.4 Å². The first-order valence-electron chi connectivity index (χ1n) is 6.53. The molecule has 4 nitrogen and oxygen atoms in total. The van der Waals surface area contributed by atoms with E-state index in [1.807, 2.05) is 5.38 Å². The number of likely N-dealkylation sites (tertiary alicyclic amines) is 1. The van der Waals surface area contributed by atoms with Gasteiger partial charge in [0.2, 0.25) is 0 Å². The van der Waals surface area contributed by atoms with E-state index >= 15 is 0 Å². The fraction of sp³-hybridized carbons (Fsp3) is 0.615. The molecule has 1 aromatic rings. The number of nitrogens with zero attached hydrogens (tertiary/aromatic N) is 1. The van der Waals surface area contributed by atoms with Crippen LogP contribution in [-0.2, 0) is 0 Å². The lowest BCUT2D eigenvalue weighted by Crippen LogP contribution is -2.44. The fourth-order valence-corrected chi connectivity index (χ4v) is 3.05. The maximum atomic E-state index is 11.9. The zero-order valence-corrected chi connectivity index (χ0v) is 11.6. The Morgan fingerprint density at radius 2 is 2.22 bits per heavy atom. The molecule has 1 fully saturated rings. The number of anilines is 1. The van der Waals surface area contributed by atoms with Crippen LogP contribution in [0.5, 0.6) is 0 Å². The molecule has 1 aromatic heterocycles. The van der Waals surface area contributed by atoms with Gasteiger partial charge in [-0.2, -0.15) is 0 Å². The smallest absolute Gasteiger partial charge is 0.263 e. The van der Waals surface area contributed by atoms with Crippen molar-refractivity contribution in [1.29, 1.82) is 0 Å². The van der Waals surface area contributed by atoms with Gasteiger partial charge in [0.15, 0.2) is 0 Å². The first kappa shape index (κ1) is 13.4. The first-order valence-corrected chi connectivity index (χ1v) is 7.41. The Morgan fingerprint density at radius 1 is 1.50 bits per heavy atom.